The summed E-state index contributed by atoms with van der Waals surface area (Å²) < 4.78 is 6.46. The van der Waals surface area contributed by atoms with Crippen molar-refractivity contribution in [3.8, 4) is 56.5 Å². The van der Waals surface area contributed by atoms with Gasteiger partial charge >= 0.3 is 0 Å². The van der Waals surface area contributed by atoms with Crippen LogP contribution in [0.5, 0.6) is 11.5 Å². The fraction of sp³-hybridized carbons (Fsp3) is 0. The maximum absolute atomic E-state index is 6.46. The molecular weight excluding hydrogens is 476 g/mol. The van der Waals surface area contributed by atoms with Crippen LogP contribution < -0.4 is 4.74 Å². The number of nitrogens with zero attached hydrogens (tertiary/aromatic N) is 2. The number of benzene rings is 6. The van der Waals surface area contributed by atoms with Gasteiger partial charge < -0.3 is 4.74 Å². The van der Waals surface area contributed by atoms with Gasteiger partial charge in [-0.25, -0.2) is 9.97 Å². The zero-order valence-electron chi connectivity index (χ0n) is 21.0. The molecule has 3 nitrogen and oxygen atoms in total. The van der Waals surface area contributed by atoms with Crippen LogP contribution in [-0.2, 0) is 0 Å². The van der Waals surface area contributed by atoms with Crippen LogP contribution in [0.3, 0.4) is 0 Å². The van der Waals surface area contributed by atoms with E-state index in [1.165, 1.54) is 21.7 Å². The molecule has 6 aromatic carbocycles. The molecule has 1 aliphatic rings. The van der Waals surface area contributed by atoms with E-state index in [4.69, 9.17) is 14.7 Å². The number of hydrogen-bond acceptors (Lipinski definition) is 3. The van der Waals surface area contributed by atoms with Gasteiger partial charge in [0.05, 0.1) is 11.4 Å². The molecule has 3 heteroatoms. The second-order valence-corrected chi connectivity index (χ2v) is 9.83. The zero-order chi connectivity index (χ0) is 25.8. The van der Waals surface area contributed by atoms with Crippen molar-refractivity contribution in [1.29, 1.82) is 0 Å². The summed E-state index contributed by atoms with van der Waals surface area (Å²) in [6.45, 7) is 0. The monoisotopic (exact) mass is 498 g/mol. The fourth-order valence-corrected chi connectivity index (χ4v) is 5.62. The third kappa shape index (κ3) is 3.59. The summed E-state index contributed by atoms with van der Waals surface area (Å²) in [5.74, 6) is 2.42. The number of rotatable bonds is 3. The molecule has 182 valence electrons. The predicted molar refractivity (Wildman–Crippen MR) is 159 cm³/mol. The summed E-state index contributed by atoms with van der Waals surface area (Å²) in [6, 6.07) is 46.1. The Morgan fingerprint density at radius 1 is 0.436 bits per heavy atom. The second-order valence-electron chi connectivity index (χ2n) is 9.83. The highest BCUT2D eigenvalue weighted by Gasteiger charge is 2.21. The van der Waals surface area contributed by atoms with E-state index in [9.17, 15) is 0 Å². The van der Waals surface area contributed by atoms with Crippen LogP contribution >= 0.6 is 0 Å². The molecule has 0 spiro atoms. The molecule has 39 heavy (non-hydrogen) atoms. The number of aromatic nitrogens is 2. The minimum Gasteiger partial charge on any atom is -0.456 e. The van der Waals surface area contributed by atoms with Crippen molar-refractivity contribution in [3.63, 3.8) is 0 Å². The molecule has 2 heterocycles. The Hall–Kier alpha value is -5.28. The van der Waals surface area contributed by atoms with Crippen molar-refractivity contribution in [2.45, 2.75) is 0 Å². The first-order chi connectivity index (χ1) is 19.3. The van der Waals surface area contributed by atoms with E-state index in [1.807, 2.05) is 30.3 Å². The Bertz CT molecular complexity index is 2040. The van der Waals surface area contributed by atoms with Gasteiger partial charge in [0.25, 0.3) is 0 Å². The van der Waals surface area contributed by atoms with E-state index in [2.05, 4.69) is 103 Å². The number of hydrogen-bond donors (Lipinski definition) is 0. The van der Waals surface area contributed by atoms with Crippen molar-refractivity contribution in [1.82, 2.24) is 9.97 Å². The van der Waals surface area contributed by atoms with Crippen molar-refractivity contribution < 1.29 is 4.74 Å². The first-order valence-electron chi connectivity index (χ1n) is 13.1. The highest BCUT2D eigenvalue weighted by molar-refractivity contribution is 6.04. The van der Waals surface area contributed by atoms with Gasteiger partial charge in [0.15, 0.2) is 5.82 Å². The molecule has 0 atom stereocenters. The lowest BCUT2D eigenvalue weighted by Gasteiger charge is -2.22. The van der Waals surface area contributed by atoms with Gasteiger partial charge in [-0.3, -0.25) is 0 Å². The Morgan fingerprint density at radius 2 is 1.15 bits per heavy atom. The fourth-order valence-electron chi connectivity index (χ4n) is 5.62. The SMILES string of the molecule is c1ccc(-c2nc(-c3ccc4c(c3)Oc3cccc5cccc-4c35)cc(-c3cccc4ccccc34)n2)cc1. The zero-order valence-corrected chi connectivity index (χ0v) is 21.0. The Balaban J connectivity index is 1.33. The summed E-state index contributed by atoms with van der Waals surface area (Å²) in [5, 5.41) is 4.70. The van der Waals surface area contributed by atoms with Crippen LogP contribution in [-0.4, -0.2) is 9.97 Å². The Kier molecular flexibility index (Phi) is 4.82. The first kappa shape index (κ1) is 21.8. The average molecular weight is 499 g/mol. The number of ether oxygens (including phenoxy) is 1. The van der Waals surface area contributed by atoms with E-state index in [0.29, 0.717) is 5.82 Å². The van der Waals surface area contributed by atoms with Crippen LogP contribution in [0.4, 0.5) is 0 Å². The van der Waals surface area contributed by atoms with E-state index < -0.39 is 0 Å². The van der Waals surface area contributed by atoms with Gasteiger partial charge in [-0.2, -0.15) is 0 Å². The number of fused-ring (bicyclic) bond motifs is 3. The summed E-state index contributed by atoms with van der Waals surface area (Å²) in [7, 11) is 0. The molecule has 0 unspecified atom stereocenters. The lowest BCUT2D eigenvalue weighted by atomic mass is 9.93. The van der Waals surface area contributed by atoms with Crippen LogP contribution in [0.1, 0.15) is 0 Å². The van der Waals surface area contributed by atoms with Gasteiger partial charge in [-0.15, -0.1) is 0 Å². The highest BCUT2D eigenvalue weighted by Crippen LogP contribution is 2.47. The molecule has 0 N–H and O–H groups in total. The quantitative estimate of drug-likeness (QED) is 0.243. The predicted octanol–water partition coefficient (Wildman–Crippen LogP) is 9.56. The molecular formula is C36H22N2O. The van der Waals surface area contributed by atoms with Gasteiger partial charge in [-0.1, -0.05) is 109 Å². The van der Waals surface area contributed by atoms with E-state index >= 15 is 0 Å². The van der Waals surface area contributed by atoms with Gasteiger partial charge in [-0.05, 0) is 46.0 Å². The van der Waals surface area contributed by atoms with Crippen LogP contribution in [0.15, 0.2) is 133 Å². The molecule has 7 aromatic rings. The molecule has 8 rings (SSSR count). The molecule has 0 amide bonds. The van der Waals surface area contributed by atoms with Crippen LogP contribution in [0.2, 0.25) is 0 Å². The molecule has 0 aliphatic carbocycles. The average Bonchev–Trinajstić information content (AvgIpc) is 3.01. The van der Waals surface area contributed by atoms with Gasteiger partial charge in [0.1, 0.15) is 11.5 Å². The normalized spacial score (nSPS) is 11.8. The van der Waals surface area contributed by atoms with E-state index in [1.54, 1.807) is 0 Å². The van der Waals surface area contributed by atoms with E-state index in [-0.39, 0.29) is 0 Å². The lowest BCUT2D eigenvalue weighted by Crippen LogP contribution is -1.99. The first-order valence-corrected chi connectivity index (χ1v) is 13.1. The highest BCUT2D eigenvalue weighted by atomic mass is 16.5. The largest absolute Gasteiger partial charge is 0.456 e. The molecule has 0 saturated heterocycles. The third-order valence-electron chi connectivity index (χ3n) is 7.48. The summed E-state index contributed by atoms with van der Waals surface area (Å²) in [6.07, 6.45) is 0. The summed E-state index contributed by atoms with van der Waals surface area (Å²) >= 11 is 0. The minimum absolute atomic E-state index is 0.699. The smallest absolute Gasteiger partial charge is 0.160 e. The van der Waals surface area contributed by atoms with Gasteiger partial charge in [0.2, 0.25) is 0 Å². The van der Waals surface area contributed by atoms with Crippen LogP contribution in [0.25, 0.3) is 66.6 Å². The molecule has 0 saturated carbocycles. The van der Waals surface area contributed by atoms with Gasteiger partial charge in [0, 0.05) is 27.6 Å². The lowest BCUT2D eigenvalue weighted by molar-refractivity contribution is 0.487. The molecule has 1 aliphatic heterocycles. The molecule has 0 bridgehead atoms. The standard InChI is InChI=1S/C36H22N2O/c1-2-10-25(11-3-1)36-37-31(22-32(38-36)28-16-6-12-23-9-4-5-15-27(23)28)26-19-20-29-30-17-7-13-24-14-8-18-33(35(24)30)39-34(29)21-26/h1-22H. The second kappa shape index (κ2) is 8.64. The molecule has 0 fully saturated rings. The summed E-state index contributed by atoms with van der Waals surface area (Å²) in [5.41, 5.74) is 7.09. The Morgan fingerprint density at radius 3 is 2.05 bits per heavy atom. The van der Waals surface area contributed by atoms with Crippen molar-refractivity contribution in [3.05, 3.63) is 133 Å². The maximum atomic E-state index is 6.46. The molecule has 0 radical (unpaired) electrons. The summed E-state index contributed by atoms with van der Waals surface area (Å²) in [4.78, 5) is 10.1. The van der Waals surface area contributed by atoms with Crippen molar-refractivity contribution in [2.75, 3.05) is 0 Å². The molecule has 1 aromatic heterocycles. The van der Waals surface area contributed by atoms with Crippen molar-refractivity contribution in [2.24, 2.45) is 0 Å². The third-order valence-corrected chi connectivity index (χ3v) is 7.48. The topological polar surface area (TPSA) is 35.0 Å². The van der Waals surface area contributed by atoms with E-state index in [0.717, 1.165) is 50.5 Å². The van der Waals surface area contributed by atoms with Crippen LogP contribution in [0, 0.1) is 0 Å². The van der Waals surface area contributed by atoms with Crippen molar-refractivity contribution >= 4 is 21.5 Å². The minimum atomic E-state index is 0.699. The maximum Gasteiger partial charge on any atom is 0.160 e. The Labute approximate surface area is 226 Å².